The molecule has 20 heavy (non-hydrogen) atoms. The summed E-state index contributed by atoms with van der Waals surface area (Å²) >= 11 is 0. The molecule has 0 aromatic carbocycles. The Morgan fingerprint density at radius 2 is 2.25 bits per heavy atom. The molecule has 2 bridgehead atoms. The van der Waals surface area contributed by atoms with Crippen LogP contribution in [-0.4, -0.2) is 25.3 Å². The summed E-state index contributed by atoms with van der Waals surface area (Å²) in [6.07, 6.45) is 6.68. The summed E-state index contributed by atoms with van der Waals surface area (Å²) in [6, 6.07) is 0. The standard InChI is InChI=1S/C17H26O3/c1-6-7-15-16-11(2)8-12(3)17(10-20-15,13(16)4)9-19-14(5)18/h6-8,12-13,15-16H,9-10H2,1-5H3/b7-6-/t12?,13-,15?,16?,17?/m0/s1. The van der Waals surface area contributed by atoms with Gasteiger partial charge in [-0.3, -0.25) is 4.79 Å². The molecule has 4 unspecified atom stereocenters. The monoisotopic (exact) mass is 278 g/mol. The molecule has 1 heterocycles. The van der Waals surface area contributed by atoms with E-state index in [1.54, 1.807) is 0 Å². The average molecular weight is 278 g/mol. The molecular formula is C17H26O3. The second kappa shape index (κ2) is 5.72. The molecule has 112 valence electrons. The minimum atomic E-state index is -0.211. The average Bonchev–Trinajstić information content (AvgIpc) is 2.36. The smallest absolute Gasteiger partial charge is 0.302 e. The Kier molecular flexibility index (Phi) is 4.38. The van der Waals surface area contributed by atoms with Crippen LogP contribution >= 0.6 is 0 Å². The van der Waals surface area contributed by atoms with Gasteiger partial charge in [0.2, 0.25) is 0 Å². The highest BCUT2D eigenvalue weighted by molar-refractivity contribution is 5.65. The number of carbonyl (C=O) groups excluding carboxylic acids is 1. The van der Waals surface area contributed by atoms with E-state index >= 15 is 0 Å². The maximum absolute atomic E-state index is 11.2. The zero-order valence-corrected chi connectivity index (χ0v) is 13.2. The fourth-order valence-corrected chi connectivity index (χ4v) is 3.91. The van der Waals surface area contributed by atoms with E-state index in [1.807, 2.05) is 6.92 Å². The third-order valence-corrected chi connectivity index (χ3v) is 5.22. The van der Waals surface area contributed by atoms with E-state index in [0.29, 0.717) is 31.0 Å². The summed E-state index contributed by atoms with van der Waals surface area (Å²) < 4.78 is 11.5. The molecule has 0 saturated carbocycles. The number of rotatable bonds is 3. The van der Waals surface area contributed by atoms with Gasteiger partial charge in [-0.1, -0.05) is 37.6 Å². The molecule has 1 aliphatic carbocycles. The number of hydrogen-bond acceptors (Lipinski definition) is 3. The van der Waals surface area contributed by atoms with Gasteiger partial charge >= 0.3 is 5.97 Å². The molecule has 3 heteroatoms. The van der Waals surface area contributed by atoms with Crippen molar-refractivity contribution < 1.29 is 14.3 Å². The number of esters is 1. The molecular weight excluding hydrogens is 252 g/mol. The Morgan fingerprint density at radius 1 is 1.55 bits per heavy atom. The van der Waals surface area contributed by atoms with Gasteiger partial charge in [0.25, 0.3) is 0 Å². The molecule has 2 aliphatic rings. The van der Waals surface area contributed by atoms with E-state index in [1.165, 1.54) is 12.5 Å². The van der Waals surface area contributed by atoms with E-state index in [9.17, 15) is 4.79 Å². The van der Waals surface area contributed by atoms with E-state index in [-0.39, 0.29) is 17.5 Å². The van der Waals surface area contributed by atoms with E-state index in [4.69, 9.17) is 9.47 Å². The van der Waals surface area contributed by atoms with Crippen LogP contribution in [0.5, 0.6) is 0 Å². The Bertz CT molecular complexity index is 438. The van der Waals surface area contributed by atoms with Crippen molar-refractivity contribution in [1.29, 1.82) is 0 Å². The third kappa shape index (κ3) is 2.44. The SMILES string of the molecule is C/C=C\C1OCC2(COC(C)=O)C(C)C=C(C)C1[C@@H]2C. The maximum atomic E-state index is 11.2. The molecule has 3 nitrogen and oxygen atoms in total. The molecule has 0 spiro atoms. The van der Waals surface area contributed by atoms with Crippen molar-refractivity contribution in [2.45, 2.75) is 40.7 Å². The van der Waals surface area contributed by atoms with Crippen LogP contribution < -0.4 is 0 Å². The lowest BCUT2D eigenvalue weighted by Gasteiger charge is -2.54. The van der Waals surface area contributed by atoms with Crippen LogP contribution in [0.1, 0.15) is 34.6 Å². The molecule has 0 radical (unpaired) electrons. The van der Waals surface area contributed by atoms with Crippen LogP contribution in [0.25, 0.3) is 0 Å². The molecule has 0 aromatic heterocycles. The molecule has 5 atom stereocenters. The first-order valence-corrected chi connectivity index (χ1v) is 7.48. The van der Waals surface area contributed by atoms with Crippen molar-refractivity contribution in [1.82, 2.24) is 0 Å². The van der Waals surface area contributed by atoms with Gasteiger partial charge in [0.1, 0.15) is 0 Å². The Balaban J connectivity index is 2.32. The fourth-order valence-electron chi connectivity index (χ4n) is 3.91. The fraction of sp³-hybridized carbons (Fsp3) is 0.706. The summed E-state index contributed by atoms with van der Waals surface area (Å²) in [5, 5.41) is 0. The van der Waals surface area contributed by atoms with Gasteiger partial charge in [0.15, 0.2) is 0 Å². The molecule has 0 amide bonds. The van der Waals surface area contributed by atoms with Crippen molar-refractivity contribution >= 4 is 5.97 Å². The van der Waals surface area contributed by atoms with Gasteiger partial charge in [-0.05, 0) is 25.7 Å². The van der Waals surface area contributed by atoms with Crippen LogP contribution in [0, 0.1) is 23.2 Å². The van der Waals surface area contributed by atoms with Crippen molar-refractivity contribution in [2.75, 3.05) is 13.2 Å². The van der Waals surface area contributed by atoms with Crippen LogP contribution in [0.3, 0.4) is 0 Å². The number of carbonyl (C=O) groups is 1. The molecule has 0 N–H and O–H groups in total. The first kappa shape index (κ1) is 15.3. The summed E-state index contributed by atoms with van der Waals surface area (Å²) in [5.41, 5.74) is 1.31. The molecule has 0 aromatic rings. The highest BCUT2D eigenvalue weighted by atomic mass is 16.5. The van der Waals surface area contributed by atoms with E-state index in [2.05, 4.69) is 39.0 Å². The minimum Gasteiger partial charge on any atom is -0.465 e. The summed E-state index contributed by atoms with van der Waals surface area (Å²) in [6.45, 7) is 11.3. The van der Waals surface area contributed by atoms with Crippen molar-refractivity contribution in [3.63, 3.8) is 0 Å². The Labute approximate surface area is 122 Å². The lowest BCUT2D eigenvalue weighted by molar-refractivity contribution is -0.171. The normalized spacial score (nSPS) is 40.5. The van der Waals surface area contributed by atoms with E-state index < -0.39 is 0 Å². The van der Waals surface area contributed by atoms with Gasteiger partial charge in [0, 0.05) is 18.3 Å². The van der Waals surface area contributed by atoms with Gasteiger partial charge in [-0.25, -0.2) is 0 Å². The maximum Gasteiger partial charge on any atom is 0.302 e. The van der Waals surface area contributed by atoms with Gasteiger partial charge in [0.05, 0.1) is 19.3 Å². The van der Waals surface area contributed by atoms with E-state index in [0.717, 1.165) is 0 Å². The highest BCUT2D eigenvalue weighted by Gasteiger charge is 2.53. The summed E-state index contributed by atoms with van der Waals surface area (Å²) in [4.78, 5) is 11.2. The molecule has 1 aliphatic heterocycles. The predicted octanol–water partition coefficient (Wildman–Crippen LogP) is 3.36. The summed E-state index contributed by atoms with van der Waals surface area (Å²) in [7, 11) is 0. The lowest BCUT2D eigenvalue weighted by Crippen LogP contribution is -2.56. The zero-order chi connectivity index (χ0) is 14.9. The first-order valence-electron chi connectivity index (χ1n) is 7.48. The van der Waals surface area contributed by atoms with Gasteiger partial charge in [-0.15, -0.1) is 0 Å². The van der Waals surface area contributed by atoms with Gasteiger partial charge in [-0.2, -0.15) is 0 Å². The molecule has 2 rings (SSSR count). The molecule has 1 saturated heterocycles. The minimum absolute atomic E-state index is 0.0894. The highest BCUT2D eigenvalue weighted by Crippen LogP contribution is 2.52. The third-order valence-electron chi connectivity index (χ3n) is 5.22. The first-order chi connectivity index (χ1) is 9.42. The van der Waals surface area contributed by atoms with Crippen molar-refractivity contribution in [3.05, 3.63) is 23.8 Å². The predicted molar refractivity (Wildman–Crippen MR) is 79.2 cm³/mol. The largest absolute Gasteiger partial charge is 0.465 e. The van der Waals surface area contributed by atoms with Crippen molar-refractivity contribution in [2.24, 2.45) is 23.2 Å². The zero-order valence-electron chi connectivity index (χ0n) is 13.2. The van der Waals surface area contributed by atoms with Gasteiger partial charge < -0.3 is 9.47 Å². The topological polar surface area (TPSA) is 35.5 Å². The molecule has 1 fully saturated rings. The number of ether oxygens (including phenoxy) is 2. The lowest BCUT2D eigenvalue weighted by atomic mass is 9.56. The quantitative estimate of drug-likeness (QED) is 0.586. The number of allylic oxidation sites excluding steroid dienone is 2. The number of fused-ring (bicyclic) bond motifs is 2. The van der Waals surface area contributed by atoms with Crippen LogP contribution in [-0.2, 0) is 14.3 Å². The number of hydrogen-bond donors (Lipinski definition) is 0. The van der Waals surface area contributed by atoms with Crippen LogP contribution in [0.15, 0.2) is 23.8 Å². The Hall–Kier alpha value is -1.09. The van der Waals surface area contributed by atoms with Crippen LogP contribution in [0.4, 0.5) is 0 Å². The second-order valence-corrected chi connectivity index (χ2v) is 6.33. The second-order valence-electron chi connectivity index (χ2n) is 6.33. The summed E-state index contributed by atoms with van der Waals surface area (Å²) in [5.74, 6) is 0.973. The van der Waals surface area contributed by atoms with Crippen LogP contribution in [0.2, 0.25) is 0 Å². The Morgan fingerprint density at radius 3 is 2.85 bits per heavy atom. The van der Waals surface area contributed by atoms with Crippen molar-refractivity contribution in [3.8, 4) is 0 Å².